The SMILES string of the molecule is C#CC(C#N)=C1C=c2ccccc2=C1. The minimum atomic E-state index is 0.390. The quantitative estimate of drug-likeness (QED) is 0.423. The molecule has 0 N–H and O–H groups in total. The van der Waals surface area contributed by atoms with Gasteiger partial charge in [0.1, 0.15) is 11.6 Å². The van der Waals surface area contributed by atoms with Crippen molar-refractivity contribution < 1.29 is 0 Å². The maximum atomic E-state index is 8.78. The van der Waals surface area contributed by atoms with Crippen LogP contribution in [-0.2, 0) is 0 Å². The normalized spacial score (nSPS) is 11.7. The van der Waals surface area contributed by atoms with Gasteiger partial charge >= 0.3 is 0 Å². The second kappa shape index (κ2) is 3.24. The first-order valence-electron chi connectivity index (χ1n) is 4.24. The van der Waals surface area contributed by atoms with Crippen molar-refractivity contribution in [3.63, 3.8) is 0 Å². The molecule has 1 aromatic rings. The van der Waals surface area contributed by atoms with E-state index in [2.05, 4.69) is 5.92 Å². The summed E-state index contributed by atoms with van der Waals surface area (Å²) in [4.78, 5) is 0. The molecule has 0 amide bonds. The highest BCUT2D eigenvalue weighted by molar-refractivity contribution is 5.77. The molecule has 0 radical (unpaired) electrons. The molecule has 14 heavy (non-hydrogen) atoms. The van der Waals surface area contributed by atoms with Crippen molar-refractivity contribution in [2.24, 2.45) is 0 Å². The lowest BCUT2D eigenvalue weighted by Gasteiger charge is -1.87. The Kier molecular flexibility index (Phi) is 1.94. The number of hydrogen-bond acceptors (Lipinski definition) is 1. The van der Waals surface area contributed by atoms with Crippen LogP contribution in [0, 0.1) is 23.7 Å². The number of hydrogen-bond donors (Lipinski definition) is 0. The number of nitriles is 1. The van der Waals surface area contributed by atoms with E-state index in [4.69, 9.17) is 11.7 Å². The molecule has 0 spiro atoms. The molecular weight excluding hydrogens is 170 g/mol. The van der Waals surface area contributed by atoms with E-state index < -0.39 is 0 Å². The highest BCUT2D eigenvalue weighted by atomic mass is 14.2. The first-order valence-corrected chi connectivity index (χ1v) is 4.24. The molecule has 0 unspecified atom stereocenters. The van der Waals surface area contributed by atoms with Crippen molar-refractivity contribution in [3.8, 4) is 18.4 Å². The van der Waals surface area contributed by atoms with Gasteiger partial charge in [-0.3, -0.25) is 0 Å². The van der Waals surface area contributed by atoms with Gasteiger partial charge in [-0.25, -0.2) is 0 Å². The molecule has 64 valence electrons. The fourth-order valence-corrected chi connectivity index (χ4v) is 1.48. The summed E-state index contributed by atoms with van der Waals surface area (Å²) in [5.41, 5.74) is 1.22. The predicted molar refractivity (Wildman–Crippen MR) is 56.1 cm³/mol. The number of benzene rings is 1. The molecule has 0 aromatic heterocycles. The van der Waals surface area contributed by atoms with Crippen molar-refractivity contribution in [1.82, 2.24) is 0 Å². The van der Waals surface area contributed by atoms with Crippen LogP contribution in [-0.4, -0.2) is 0 Å². The maximum Gasteiger partial charge on any atom is 0.109 e. The standard InChI is InChI=1S/C13H7N/c1-2-10(9-14)13-7-11-5-3-4-6-12(11)8-13/h1,3-8H. The summed E-state index contributed by atoms with van der Waals surface area (Å²) in [5.74, 6) is 2.38. The molecule has 1 aromatic carbocycles. The first-order chi connectivity index (χ1) is 6.85. The molecule has 0 saturated heterocycles. The van der Waals surface area contributed by atoms with Crippen molar-refractivity contribution in [1.29, 1.82) is 5.26 Å². The number of fused-ring (bicyclic) bond motifs is 1. The summed E-state index contributed by atoms with van der Waals surface area (Å²) in [7, 11) is 0. The third-order valence-corrected chi connectivity index (χ3v) is 2.16. The summed E-state index contributed by atoms with van der Waals surface area (Å²) in [6.07, 6.45) is 9.10. The van der Waals surface area contributed by atoms with Gasteiger partial charge in [0, 0.05) is 5.57 Å². The molecule has 1 aliphatic carbocycles. The van der Waals surface area contributed by atoms with Crippen LogP contribution < -0.4 is 10.4 Å². The maximum absolute atomic E-state index is 8.78. The van der Waals surface area contributed by atoms with E-state index in [0.29, 0.717) is 5.57 Å². The molecule has 0 fully saturated rings. The first kappa shape index (κ1) is 8.35. The molecule has 1 heteroatoms. The second-order valence-corrected chi connectivity index (χ2v) is 3.00. The van der Waals surface area contributed by atoms with Crippen LogP contribution in [0.3, 0.4) is 0 Å². The van der Waals surface area contributed by atoms with Gasteiger partial charge in [0.2, 0.25) is 0 Å². The Labute approximate surface area is 82.3 Å². The van der Waals surface area contributed by atoms with E-state index in [1.54, 1.807) is 0 Å². The van der Waals surface area contributed by atoms with E-state index in [0.717, 1.165) is 16.0 Å². The number of terminal acetylenes is 1. The number of allylic oxidation sites excluding steroid dienone is 2. The fraction of sp³-hybridized carbons (Fsp3) is 0. The molecule has 1 aliphatic rings. The highest BCUT2D eigenvalue weighted by Crippen LogP contribution is 2.08. The minimum Gasteiger partial charge on any atom is -0.192 e. The largest absolute Gasteiger partial charge is 0.192 e. The fourth-order valence-electron chi connectivity index (χ4n) is 1.48. The van der Waals surface area contributed by atoms with E-state index in [-0.39, 0.29) is 0 Å². The Morgan fingerprint density at radius 2 is 1.71 bits per heavy atom. The third kappa shape index (κ3) is 1.22. The zero-order valence-electron chi connectivity index (χ0n) is 7.49. The second-order valence-electron chi connectivity index (χ2n) is 3.00. The van der Waals surface area contributed by atoms with Gasteiger partial charge < -0.3 is 0 Å². The van der Waals surface area contributed by atoms with Crippen molar-refractivity contribution in [2.75, 3.05) is 0 Å². The van der Waals surface area contributed by atoms with Gasteiger partial charge in [0.05, 0.1) is 0 Å². The summed E-state index contributed by atoms with van der Waals surface area (Å²) in [6, 6.07) is 9.95. The molecule has 0 saturated carbocycles. The van der Waals surface area contributed by atoms with Crippen molar-refractivity contribution in [2.45, 2.75) is 0 Å². The average molecular weight is 177 g/mol. The Balaban J connectivity index is 2.74. The molecular formula is C13H7N. The lowest BCUT2D eigenvalue weighted by molar-refractivity contribution is 1.51. The molecule has 0 aliphatic heterocycles. The summed E-state index contributed by atoms with van der Waals surface area (Å²) in [5, 5.41) is 11.0. The van der Waals surface area contributed by atoms with Crippen LogP contribution >= 0.6 is 0 Å². The topological polar surface area (TPSA) is 23.8 Å². The molecule has 0 heterocycles. The lowest BCUT2D eigenvalue weighted by atomic mass is 10.1. The lowest BCUT2D eigenvalue weighted by Crippen LogP contribution is -2.19. The smallest absolute Gasteiger partial charge is 0.109 e. The highest BCUT2D eigenvalue weighted by Gasteiger charge is 2.02. The zero-order chi connectivity index (χ0) is 9.97. The van der Waals surface area contributed by atoms with Gasteiger partial charge in [-0.15, -0.1) is 6.42 Å². The molecule has 0 bridgehead atoms. The van der Waals surface area contributed by atoms with Crippen molar-refractivity contribution in [3.05, 3.63) is 45.8 Å². The predicted octanol–water partition coefficient (Wildman–Crippen LogP) is 0.715. The van der Waals surface area contributed by atoms with Crippen LogP contribution in [0.15, 0.2) is 35.4 Å². The summed E-state index contributed by atoms with van der Waals surface area (Å²) in [6.45, 7) is 0. The van der Waals surface area contributed by atoms with E-state index >= 15 is 0 Å². The van der Waals surface area contributed by atoms with Gasteiger partial charge in [-0.05, 0) is 22.6 Å². The summed E-state index contributed by atoms with van der Waals surface area (Å²) < 4.78 is 0. The Morgan fingerprint density at radius 1 is 1.14 bits per heavy atom. The van der Waals surface area contributed by atoms with Crippen LogP contribution in [0.5, 0.6) is 0 Å². The Morgan fingerprint density at radius 3 is 2.14 bits per heavy atom. The number of rotatable bonds is 0. The average Bonchev–Trinajstić information content (AvgIpc) is 2.63. The van der Waals surface area contributed by atoms with Crippen LogP contribution in [0.1, 0.15) is 0 Å². The Bertz CT molecular complexity index is 551. The molecule has 2 rings (SSSR count). The van der Waals surface area contributed by atoms with E-state index in [1.807, 2.05) is 42.5 Å². The number of nitrogens with zero attached hydrogens (tertiary/aromatic N) is 1. The van der Waals surface area contributed by atoms with Gasteiger partial charge in [-0.1, -0.05) is 30.2 Å². The minimum absolute atomic E-state index is 0.390. The zero-order valence-corrected chi connectivity index (χ0v) is 7.49. The van der Waals surface area contributed by atoms with E-state index in [1.165, 1.54) is 0 Å². The molecule has 0 atom stereocenters. The van der Waals surface area contributed by atoms with Gasteiger partial charge in [-0.2, -0.15) is 5.26 Å². The van der Waals surface area contributed by atoms with E-state index in [9.17, 15) is 0 Å². The Hall–Kier alpha value is -2.25. The van der Waals surface area contributed by atoms with Gasteiger partial charge in [0.25, 0.3) is 0 Å². The van der Waals surface area contributed by atoms with Crippen LogP contribution in [0.25, 0.3) is 12.2 Å². The van der Waals surface area contributed by atoms with Crippen LogP contribution in [0.4, 0.5) is 0 Å². The molecule has 1 nitrogen and oxygen atoms in total. The third-order valence-electron chi connectivity index (χ3n) is 2.16. The van der Waals surface area contributed by atoms with Crippen molar-refractivity contribution >= 4 is 12.2 Å². The van der Waals surface area contributed by atoms with Gasteiger partial charge in [0.15, 0.2) is 0 Å². The summed E-state index contributed by atoms with van der Waals surface area (Å²) >= 11 is 0. The van der Waals surface area contributed by atoms with Crippen LogP contribution in [0.2, 0.25) is 0 Å². The monoisotopic (exact) mass is 177 g/mol.